The molecule has 10 rings (SSSR count). The van der Waals surface area contributed by atoms with Gasteiger partial charge in [0.15, 0.2) is 5.69 Å². The van der Waals surface area contributed by atoms with E-state index in [2.05, 4.69) is 119 Å². The van der Waals surface area contributed by atoms with E-state index in [1.54, 1.807) is 0 Å². The molecule has 6 aromatic carbocycles. The number of pyridine rings is 1. The van der Waals surface area contributed by atoms with Crippen LogP contribution in [0.15, 0.2) is 150 Å². The molecule has 0 unspecified atom stereocenters. The SMILES string of the molecule is [C-]#[N+]c1ccc2c(c1)c1cc(-c3ccc4cc(-c5ccc6nc7c8ccccc8oc7n6c5)ccc4c3)ccc1n2-c1ccccc1. The van der Waals surface area contributed by atoms with Crippen LogP contribution in [0.25, 0.3) is 93.2 Å². The maximum atomic E-state index is 7.61. The number of hydrogen-bond donors (Lipinski definition) is 0. The number of fused-ring (bicyclic) bond motifs is 9. The maximum Gasteiger partial charge on any atom is 0.232 e. The van der Waals surface area contributed by atoms with E-state index in [0.29, 0.717) is 5.69 Å². The average Bonchev–Trinajstić information content (AvgIpc) is 3.78. The Kier molecular flexibility index (Phi) is 5.28. The zero-order chi connectivity index (χ0) is 31.1. The molecule has 10 aromatic rings. The summed E-state index contributed by atoms with van der Waals surface area (Å²) in [4.78, 5) is 8.56. The number of para-hydroxylation sites is 2. The molecule has 0 bridgehead atoms. The van der Waals surface area contributed by atoms with Gasteiger partial charge in [-0.3, -0.25) is 4.40 Å². The fraction of sp³-hybridized carbons (Fsp3) is 0. The molecule has 4 heterocycles. The van der Waals surface area contributed by atoms with Crippen molar-refractivity contribution in [3.05, 3.63) is 157 Å². The van der Waals surface area contributed by atoms with Crippen molar-refractivity contribution < 1.29 is 4.42 Å². The number of imidazole rings is 1. The van der Waals surface area contributed by atoms with Crippen molar-refractivity contribution in [2.24, 2.45) is 0 Å². The van der Waals surface area contributed by atoms with Crippen LogP contribution in [0.1, 0.15) is 0 Å². The first-order valence-corrected chi connectivity index (χ1v) is 15.6. The molecule has 0 saturated carbocycles. The molecular weight excluding hydrogens is 576 g/mol. The third kappa shape index (κ3) is 3.86. The zero-order valence-corrected chi connectivity index (χ0v) is 25.1. The summed E-state index contributed by atoms with van der Waals surface area (Å²) in [7, 11) is 0. The summed E-state index contributed by atoms with van der Waals surface area (Å²) in [5.74, 6) is 0. The molecule has 47 heavy (non-hydrogen) atoms. The number of rotatable bonds is 3. The van der Waals surface area contributed by atoms with Crippen LogP contribution in [0.3, 0.4) is 0 Å². The van der Waals surface area contributed by atoms with E-state index in [0.717, 1.165) is 77.6 Å². The minimum absolute atomic E-state index is 0.644. The topological polar surface area (TPSA) is 39.7 Å². The third-order valence-electron chi connectivity index (χ3n) is 9.32. The van der Waals surface area contributed by atoms with Gasteiger partial charge in [0.2, 0.25) is 5.71 Å². The van der Waals surface area contributed by atoms with Gasteiger partial charge >= 0.3 is 0 Å². The first kappa shape index (κ1) is 25.7. The van der Waals surface area contributed by atoms with Crippen LogP contribution < -0.4 is 0 Å². The van der Waals surface area contributed by atoms with Crippen LogP contribution in [0, 0.1) is 6.57 Å². The van der Waals surface area contributed by atoms with Gasteiger partial charge in [-0.1, -0.05) is 66.7 Å². The van der Waals surface area contributed by atoms with Gasteiger partial charge in [-0.25, -0.2) is 9.83 Å². The van der Waals surface area contributed by atoms with Gasteiger partial charge in [-0.15, -0.1) is 0 Å². The summed E-state index contributed by atoms with van der Waals surface area (Å²) < 4.78 is 10.5. The number of benzene rings is 6. The first-order chi connectivity index (χ1) is 23.2. The molecule has 0 spiro atoms. The quantitative estimate of drug-likeness (QED) is 0.189. The van der Waals surface area contributed by atoms with Crippen LogP contribution >= 0.6 is 0 Å². The van der Waals surface area contributed by atoms with Crippen molar-refractivity contribution in [2.75, 3.05) is 0 Å². The number of nitrogens with zero attached hydrogens (tertiary/aromatic N) is 4. The number of furan rings is 1. The van der Waals surface area contributed by atoms with E-state index in [1.165, 1.54) is 10.8 Å². The van der Waals surface area contributed by atoms with Crippen molar-refractivity contribution in [3.8, 4) is 27.9 Å². The molecule has 0 aliphatic carbocycles. The molecule has 0 saturated heterocycles. The minimum Gasteiger partial charge on any atom is -0.437 e. The van der Waals surface area contributed by atoms with Gasteiger partial charge in [-0.05, 0) is 111 Å². The normalized spacial score (nSPS) is 11.8. The Morgan fingerprint density at radius 1 is 0.574 bits per heavy atom. The molecule has 218 valence electrons. The van der Waals surface area contributed by atoms with E-state index in [-0.39, 0.29) is 0 Å². The minimum atomic E-state index is 0.644. The first-order valence-electron chi connectivity index (χ1n) is 15.6. The summed E-state index contributed by atoms with van der Waals surface area (Å²) in [5, 5.41) is 5.60. The molecule has 0 aliphatic rings. The molecule has 5 heteroatoms. The summed E-state index contributed by atoms with van der Waals surface area (Å²) in [6.45, 7) is 7.61. The van der Waals surface area contributed by atoms with E-state index in [9.17, 15) is 0 Å². The fourth-order valence-corrected chi connectivity index (χ4v) is 7.04. The lowest BCUT2D eigenvalue weighted by molar-refractivity contribution is 0.649. The molecule has 0 N–H and O–H groups in total. The molecular formula is C42H24N4O. The smallest absolute Gasteiger partial charge is 0.232 e. The van der Waals surface area contributed by atoms with Crippen molar-refractivity contribution in [2.45, 2.75) is 0 Å². The molecule has 0 fully saturated rings. The van der Waals surface area contributed by atoms with Crippen LogP contribution in [-0.2, 0) is 0 Å². The Labute approximate surface area is 269 Å². The van der Waals surface area contributed by atoms with Crippen LogP contribution in [0.5, 0.6) is 0 Å². The van der Waals surface area contributed by atoms with E-state index < -0.39 is 0 Å². The lowest BCUT2D eigenvalue weighted by atomic mass is 9.97. The van der Waals surface area contributed by atoms with Gasteiger partial charge in [0.1, 0.15) is 16.7 Å². The predicted molar refractivity (Wildman–Crippen MR) is 191 cm³/mol. The third-order valence-corrected chi connectivity index (χ3v) is 9.32. The van der Waals surface area contributed by atoms with Crippen molar-refractivity contribution >= 4 is 66.1 Å². The second-order valence-corrected chi connectivity index (χ2v) is 12.0. The number of hydrogen-bond acceptors (Lipinski definition) is 2. The van der Waals surface area contributed by atoms with Crippen LogP contribution in [0.2, 0.25) is 0 Å². The molecule has 0 aliphatic heterocycles. The second-order valence-electron chi connectivity index (χ2n) is 12.0. The monoisotopic (exact) mass is 600 g/mol. The summed E-state index contributed by atoms with van der Waals surface area (Å²) in [6, 6.07) is 48.6. The van der Waals surface area contributed by atoms with Gasteiger partial charge < -0.3 is 8.98 Å². The highest BCUT2D eigenvalue weighted by Crippen LogP contribution is 2.38. The highest BCUT2D eigenvalue weighted by Gasteiger charge is 2.16. The number of aromatic nitrogens is 3. The second kappa shape index (κ2) is 9.68. The van der Waals surface area contributed by atoms with Gasteiger partial charge in [-0.2, -0.15) is 0 Å². The van der Waals surface area contributed by atoms with E-state index in [4.69, 9.17) is 16.0 Å². The predicted octanol–water partition coefficient (Wildman–Crippen LogP) is 11.4. The van der Waals surface area contributed by atoms with Crippen molar-refractivity contribution in [3.63, 3.8) is 0 Å². The molecule has 0 atom stereocenters. The summed E-state index contributed by atoms with van der Waals surface area (Å²) >= 11 is 0. The van der Waals surface area contributed by atoms with Gasteiger partial charge in [0.05, 0.1) is 17.6 Å². The van der Waals surface area contributed by atoms with E-state index >= 15 is 0 Å². The Morgan fingerprint density at radius 2 is 1.23 bits per heavy atom. The van der Waals surface area contributed by atoms with Crippen molar-refractivity contribution in [1.82, 2.24) is 14.0 Å². The van der Waals surface area contributed by atoms with Gasteiger partial charge in [0, 0.05) is 22.7 Å². The molecule has 4 aromatic heterocycles. The molecule has 0 radical (unpaired) electrons. The lowest BCUT2D eigenvalue weighted by Crippen LogP contribution is -1.92. The Morgan fingerprint density at radius 3 is 2.04 bits per heavy atom. The Hall–Kier alpha value is -6.64. The largest absolute Gasteiger partial charge is 0.437 e. The highest BCUT2D eigenvalue weighted by molar-refractivity contribution is 6.11. The Balaban J connectivity index is 1.06. The standard InChI is InChI=1S/C42H24N4O/c1-43-32-17-19-38-36(24-32)35-23-30(15-18-37(35)46(38)33-7-3-2-4-8-33)28-12-11-27-22-29(14-13-26(27)21-28)31-16-20-40-44-41-34-9-5-6-10-39(34)47-42(41)45(40)25-31/h2-25H. The molecule has 0 amide bonds. The summed E-state index contributed by atoms with van der Waals surface area (Å²) in [6.07, 6.45) is 2.11. The lowest BCUT2D eigenvalue weighted by Gasteiger charge is -2.09. The van der Waals surface area contributed by atoms with E-state index in [1.807, 2.05) is 40.8 Å². The molecule has 5 nitrogen and oxygen atoms in total. The van der Waals surface area contributed by atoms with Crippen LogP contribution in [-0.4, -0.2) is 14.0 Å². The highest BCUT2D eigenvalue weighted by atomic mass is 16.3. The Bertz CT molecular complexity index is 2920. The van der Waals surface area contributed by atoms with Crippen molar-refractivity contribution in [1.29, 1.82) is 0 Å². The summed E-state index contributed by atoms with van der Waals surface area (Å²) in [5.41, 5.74) is 11.9. The van der Waals surface area contributed by atoms with Gasteiger partial charge in [0.25, 0.3) is 0 Å². The maximum absolute atomic E-state index is 7.61. The zero-order valence-electron chi connectivity index (χ0n) is 25.1. The fourth-order valence-electron chi connectivity index (χ4n) is 7.04. The van der Waals surface area contributed by atoms with Crippen LogP contribution in [0.4, 0.5) is 5.69 Å². The average molecular weight is 601 g/mol.